The van der Waals surface area contributed by atoms with Crippen LogP contribution in [-0.2, 0) is 19.6 Å². The number of halogens is 5. The Morgan fingerprint density at radius 3 is 2.00 bits per heavy atom. The number of hydrogen-bond acceptors (Lipinski definition) is 4. The highest BCUT2D eigenvalue weighted by Crippen LogP contribution is 2.40. The van der Waals surface area contributed by atoms with Crippen LogP contribution in [-0.4, -0.2) is 43.9 Å². The zero-order valence-corrected chi connectivity index (χ0v) is 10.6. The van der Waals surface area contributed by atoms with Crippen LogP contribution in [0.15, 0.2) is 12.2 Å². The minimum absolute atomic E-state index is 0.173. The van der Waals surface area contributed by atoms with Gasteiger partial charge in [-0.2, -0.15) is 26.3 Å². The van der Waals surface area contributed by atoms with E-state index < -0.39 is 38.5 Å². The maximum Gasteiger partial charge on any atom is 0.470 e. The molecule has 0 aliphatic heterocycles. The molecule has 19 heavy (non-hydrogen) atoms. The molecule has 112 valence electrons. The number of carbonyl (C=O) groups is 1. The first-order chi connectivity index (χ1) is 8.25. The van der Waals surface area contributed by atoms with Crippen LogP contribution in [0.2, 0.25) is 0 Å². The van der Waals surface area contributed by atoms with E-state index >= 15 is 0 Å². The van der Waals surface area contributed by atoms with Crippen molar-refractivity contribution >= 4 is 16.0 Å². The fourth-order valence-corrected chi connectivity index (χ4v) is 1.56. The zero-order valence-electron chi connectivity index (χ0n) is 9.79. The number of rotatable bonds is 5. The molecule has 0 heterocycles. The van der Waals surface area contributed by atoms with Gasteiger partial charge in [-0.05, 0) is 6.92 Å². The predicted octanol–water partition coefficient (Wildman–Crippen LogP) is 1.48. The molecule has 0 amide bonds. The zero-order chi connectivity index (χ0) is 15.6. The van der Waals surface area contributed by atoms with Gasteiger partial charge in [-0.25, -0.2) is 13.2 Å². The van der Waals surface area contributed by atoms with Crippen molar-refractivity contribution in [2.45, 2.75) is 18.4 Å². The Morgan fingerprint density at radius 1 is 1.26 bits per heavy atom. The topological polar surface area (TPSA) is 63.7 Å². The second-order valence-electron chi connectivity index (χ2n) is 3.46. The Bertz CT molecular complexity index is 470. The number of nitrogens with zero attached hydrogens (tertiary/aromatic N) is 1. The highest BCUT2D eigenvalue weighted by atomic mass is 32.2. The van der Waals surface area contributed by atoms with Gasteiger partial charge >= 0.3 is 17.4 Å². The van der Waals surface area contributed by atoms with Crippen LogP contribution in [0.25, 0.3) is 0 Å². The monoisotopic (exact) mass is 311 g/mol. The standard InChI is InChI=1S/C8H10F5NO4S/c1-5(2)6(15)18-4-14(3)19(16,17)8(12,13)7(9,10)11/h1,4H2,2-3H3. The lowest BCUT2D eigenvalue weighted by Crippen LogP contribution is -2.51. The van der Waals surface area contributed by atoms with Crippen LogP contribution in [0.1, 0.15) is 6.92 Å². The van der Waals surface area contributed by atoms with E-state index in [-0.39, 0.29) is 5.57 Å². The van der Waals surface area contributed by atoms with Gasteiger partial charge in [0.05, 0.1) is 0 Å². The van der Waals surface area contributed by atoms with Crippen molar-refractivity contribution in [1.82, 2.24) is 4.31 Å². The van der Waals surface area contributed by atoms with Gasteiger partial charge in [0.15, 0.2) is 6.73 Å². The molecular weight excluding hydrogens is 301 g/mol. The first kappa shape index (κ1) is 17.8. The Kier molecular flexibility index (Phi) is 5.06. The van der Waals surface area contributed by atoms with Crippen LogP contribution in [0.3, 0.4) is 0 Å². The molecule has 0 aromatic rings. The summed E-state index contributed by atoms with van der Waals surface area (Å²) >= 11 is 0. The molecule has 0 saturated carbocycles. The summed E-state index contributed by atoms with van der Waals surface area (Å²) in [6.45, 7) is 3.00. The molecule has 0 aliphatic rings. The summed E-state index contributed by atoms with van der Waals surface area (Å²) in [5.74, 6) is -1.13. The van der Waals surface area contributed by atoms with E-state index in [2.05, 4.69) is 11.3 Å². The lowest BCUT2D eigenvalue weighted by Gasteiger charge is -2.24. The fourth-order valence-electron chi connectivity index (χ4n) is 0.684. The molecule has 0 aromatic heterocycles. The van der Waals surface area contributed by atoms with Crippen molar-refractivity contribution in [3.05, 3.63) is 12.2 Å². The fraction of sp³-hybridized carbons (Fsp3) is 0.625. The number of hydrogen-bond donors (Lipinski definition) is 0. The molecule has 0 saturated heterocycles. The first-order valence-corrected chi connectivity index (χ1v) is 5.92. The molecule has 0 unspecified atom stereocenters. The van der Waals surface area contributed by atoms with Gasteiger partial charge in [-0.1, -0.05) is 6.58 Å². The molecule has 0 spiro atoms. The third kappa shape index (κ3) is 3.62. The van der Waals surface area contributed by atoms with Crippen LogP contribution in [0, 0.1) is 0 Å². The molecule has 0 radical (unpaired) electrons. The van der Waals surface area contributed by atoms with Crippen molar-refractivity contribution in [2.75, 3.05) is 13.8 Å². The molecule has 11 heteroatoms. The number of esters is 1. The van der Waals surface area contributed by atoms with Crippen molar-refractivity contribution in [3.8, 4) is 0 Å². The average molecular weight is 311 g/mol. The molecule has 0 atom stereocenters. The van der Waals surface area contributed by atoms with Crippen LogP contribution < -0.4 is 0 Å². The minimum atomic E-state index is -6.28. The van der Waals surface area contributed by atoms with Gasteiger partial charge < -0.3 is 4.74 Å². The summed E-state index contributed by atoms with van der Waals surface area (Å²) in [6.07, 6.45) is -6.28. The molecule has 0 aliphatic carbocycles. The number of alkyl halides is 5. The van der Waals surface area contributed by atoms with Gasteiger partial charge in [0.25, 0.3) is 10.0 Å². The second-order valence-corrected chi connectivity index (χ2v) is 5.54. The van der Waals surface area contributed by atoms with Crippen LogP contribution in [0.5, 0.6) is 0 Å². The largest absolute Gasteiger partial charge is 0.470 e. The van der Waals surface area contributed by atoms with Crippen molar-refractivity contribution < 1.29 is 39.9 Å². The highest BCUT2D eigenvalue weighted by molar-refractivity contribution is 7.90. The smallest absolute Gasteiger partial charge is 0.445 e. The molecule has 0 rings (SSSR count). The van der Waals surface area contributed by atoms with E-state index in [9.17, 15) is 35.2 Å². The Labute approximate surface area is 105 Å². The lowest BCUT2D eigenvalue weighted by molar-refractivity contribution is -0.242. The summed E-state index contributed by atoms with van der Waals surface area (Å²) in [5, 5.41) is -5.98. The van der Waals surface area contributed by atoms with E-state index in [1.165, 1.54) is 6.92 Å². The number of sulfonamides is 1. The summed E-state index contributed by atoms with van der Waals surface area (Å²) in [5.41, 5.74) is -0.173. The normalized spacial score (nSPS) is 13.5. The van der Waals surface area contributed by atoms with Crippen molar-refractivity contribution in [3.63, 3.8) is 0 Å². The quantitative estimate of drug-likeness (QED) is 0.334. The average Bonchev–Trinajstić information content (AvgIpc) is 2.22. The van der Waals surface area contributed by atoms with E-state index in [4.69, 9.17) is 0 Å². The first-order valence-electron chi connectivity index (χ1n) is 4.48. The Hall–Kier alpha value is -1.23. The molecule has 0 N–H and O–H groups in total. The molecular formula is C8H10F5NO4S. The summed E-state index contributed by atoms with van der Waals surface area (Å²) in [7, 11) is -5.63. The van der Waals surface area contributed by atoms with E-state index in [0.717, 1.165) is 0 Å². The van der Waals surface area contributed by atoms with Crippen molar-refractivity contribution in [1.29, 1.82) is 0 Å². The third-order valence-corrected chi connectivity index (χ3v) is 3.60. The molecule has 0 aromatic carbocycles. The van der Waals surface area contributed by atoms with Gasteiger partial charge in [-0.3, -0.25) is 0 Å². The number of carbonyl (C=O) groups excluding carboxylic acids is 1. The minimum Gasteiger partial charge on any atom is -0.445 e. The second kappa shape index (κ2) is 5.41. The van der Waals surface area contributed by atoms with Gasteiger partial charge in [0, 0.05) is 12.6 Å². The van der Waals surface area contributed by atoms with Crippen LogP contribution >= 0.6 is 0 Å². The van der Waals surface area contributed by atoms with Gasteiger partial charge in [-0.15, -0.1) is 0 Å². The maximum atomic E-state index is 12.7. The van der Waals surface area contributed by atoms with Gasteiger partial charge in [0.1, 0.15) is 0 Å². The summed E-state index contributed by atoms with van der Waals surface area (Å²) in [6, 6.07) is 0. The van der Waals surface area contributed by atoms with E-state index in [1.54, 1.807) is 0 Å². The predicted molar refractivity (Wildman–Crippen MR) is 53.5 cm³/mol. The Balaban J connectivity index is 5.04. The van der Waals surface area contributed by atoms with E-state index in [0.29, 0.717) is 7.05 Å². The van der Waals surface area contributed by atoms with Crippen molar-refractivity contribution in [2.24, 2.45) is 0 Å². The van der Waals surface area contributed by atoms with Crippen LogP contribution in [0.4, 0.5) is 22.0 Å². The molecule has 5 nitrogen and oxygen atoms in total. The summed E-state index contributed by atoms with van der Waals surface area (Å²) in [4.78, 5) is 10.9. The van der Waals surface area contributed by atoms with Gasteiger partial charge in [0.2, 0.25) is 0 Å². The lowest BCUT2D eigenvalue weighted by atomic mass is 10.4. The number of ether oxygens (including phenoxy) is 1. The maximum absolute atomic E-state index is 12.7. The Morgan fingerprint density at radius 2 is 1.68 bits per heavy atom. The van der Waals surface area contributed by atoms with E-state index in [1.807, 2.05) is 0 Å². The SMILES string of the molecule is C=C(C)C(=O)OCN(C)S(=O)(=O)C(F)(F)C(F)(F)F. The highest BCUT2D eigenvalue weighted by Gasteiger charge is 2.68. The molecule has 0 bridgehead atoms. The third-order valence-electron chi connectivity index (χ3n) is 1.79. The molecule has 0 fully saturated rings. The summed E-state index contributed by atoms with van der Waals surface area (Å²) < 4.78 is 87.1.